The molecule has 1 saturated heterocycles. The summed E-state index contributed by atoms with van der Waals surface area (Å²) in [6.45, 7) is 7.99. The third kappa shape index (κ3) is 3.38. The summed E-state index contributed by atoms with van der Waals surface area (Å²) in [5.74, 6) is 1.36. The molecular weight excluding hydrogens is 524 g/mol. The molecule has 7 heteroatoms. The molecule has 1 saturated carbocycles. The van der Waals surface area contributed by atoms with Gasteiger partial charge in [0.2, 0.25) is 5.91 Å². The fraction of sp³-hybridized carbons (Fsp3) is 0.464. The molecule has 2 aromatic rings. The van der Waals surface area contributed by atoms with Gasteiger partial charge in [-0.3, -0.25) is 9.69 Å². The Labute approximate surface area is 219 Å². The first-order chi connectivity index (χ1) is 16.8. The summed E-state index contributed by atoms with van der Waals surface area (Å²) in [5, 5.41) is 12.9. The van der Waals surface area contributed by atoms with Crippen LogP contribution in [-0.2, 0) is 16.6 Å². The van der Waals surface area contributed by atoms with E-state index < -0.39 is 0 Å². The highest BCUT2D eigenvalue weighted by molar-refractivity contribution is 9.10. The van der Waals surface area contributed by atoms with Gasteiger partial charge in [-0.1, -0.05) is 6.08 Å². The third-order valence-electron chi connectivity index (χ3n) is 8.94. The van der Waals surface area contributed by atoms with E-state index in [1.807, 2.05) is 41.6 Å². The molecule has 6 rings (SSSR count). The van der Waals surface area contributed by atoms with Crippen LogP contribution in [0.4, 0.5) is 0 Å². The predicted octanol–water partition coefficient (Wildman–Crippen LogP) is 5.29. The SMILES string of the molecule is C=CCN1CC[C@]23c4c5c(C)cc(O)c4O[C@H]2[C@H](N(C)C(=O)/C=C/c2cc(Br)cs2)CC[C@H]3[C@H]1C5. The molecule has 184 valence electrons. The molecule has 2 aliphatic heterocycles. The van der Waals surface area contributed by atoms with Crippen LogP contribution in [0.5, 0.6) is 11.5 Å². The molecule has 1 aromatic heterocycles. The molecule has 2 fully saturated rings. The molecule has 1 spiro atoms. The fourth-order valence-electron chi connectivity index (χ4n) is 7.50. The molecule has 2 aliphatic carbocycles. The number of phenolic OH excluding ortho intramolecular Hbond substituents is 1. The molecule has 3 heterocycles. The van der Waals surface area contributed by atoms with Gasteiger partial charge in [-0.2, -0.15) is 0 Å². The van der Waals surface area contributed by atoms with Crippen LogP contribution in [0.2, 0.25) is 0 Å². The smallest absolute Gasteiger partial charge is 0.246 e. The molecule has 5 atom stereocenters. The zero-order chi connectivity index (χ0) is 24.5. The van der Waals surface area contributed by atoms with Crippen molar-refractivity contribution in [3.63, 3.8) is 0 Å². The van der Waals surface area contributed by atoms with E-state index in [9.17, 15) is 9.90 Å². The number of aryl methyl sites for hydroxylation is 1. The van der Waals surface area contributed by atoms with E-state index in [1.165, 1.54) is 11.1 Å². The number of aromatic hydroxyl groups is 1. The molecule has 4 aliphatic rings. The standard InChI is InChI=1S/C28H31BrN2O3S/c1-4-10-31-11-9-28-20-6-7-21(30(3)24(33)8-5-18-13-17(29)15-35-18)27(28)34-26-23(32)12-16(2)19(25(26)28)14-22(20)31/h4-5,8,12-13,15,20-22,27,32H,1,6-7,9-11,14H2,2-3H3/b8-5+/t20-,21+,22+,27-,28-/m0/s1. The van der Waals surface area contributed by atoms with Gasteiger partial charge in [-0.05, 0) is 90.3 Å². The van der Waals surface area contributed by atoms with Crippen molar-refractivity contribution in [2.75, 3.05) is 20.1 Å². The minimum absolute atomic E-state index is 0.00833. The zero-order valence-corrected chi connectivity index (χ0v) is 22.6. The first-order valence-electron chi connectivity index (χ1n) is 12.4. The number of hydrogen-bond donors (Lipinski definition) is 1. The van der Waals surface area contributed by atoms with Gasteiger partial charge >= 0.3 is 0 Å². The topological polar surface area (TPSA) is 53.0 Å². The number of nitrogens with zero attached hydrogens (tertiary/aromatic N) is 2. The van der Waals surface area contributed by atoms with E-state index in [-0.39, 0.29) is 29.2 Å². The van der Waals surface area contributed by atoms with Crippen LogP contribution in [0.25, 0.3) is 6.08 Å². The summed E-state index contributed by atoms with van der Waals surface area (Å²) >= 11 is 5.08. The molecule has 2 bridgehead atoms. The van der Waals surface area contributed by atoms with E-state index in [0.717, 1.165) is 53.7 Å². The average Bonchev–Trinajstić information content (AvgIpc) is 3.41. The van der Waals surface area contributed by atoms with Crippen molar-refractivity contribution in [2.45, 2.75) is 56.2 Å². The van der Waals surface area contributed by atoms with Crippen molar-refractivity contribution in [3.05, 3.63) is 62.3 Å². The number of phenols is 1. The molecule has 0 unspecified atom stereocenters. The van der Waals surface area contributed by atoms with Gasteiger partial charge in [0, 0.05) is 51.4 Å². The molecule has 0 radical (unpaired) electrons. The first kappa shape index (κ1) is 23.3. The Hall–Kier alpha value is -2.09. The van der Waals surface area contributed by atoms with Crippen molar-refractivity contribution in [1.82, 2.24) is 9.80 Å². The Morgan fingerprint density at radius 1 is 1.43 bits per heavy atom. The third-order valence-corrected chi connectivity index (χ3v) is 10.6. The van der Waals surface area contributed by atoms with Gasteiger partial charge in [0.1, 0.15) is 6.10 Å². The molecule has 1 amide bonds. The number of benzene rings is 1. The fourth-order valence-corrected chi connectivity index (χ4v) is 8.84. The molecule has 1 aromatic carbocycles. The number of amides is 1. The minimum Gasteiger partial charge on any atom is -0.504 e. The molecule has 1 N–H and O–H groups in total. The molecule has 35 heavy (non-hydrogen) atoms. The van der Waals surface area contributed by atoms with Crippen LogP contribution >= 0.6 is 27.3 Å². The summed E-state index contributed by atoms with van der Waals surface area (Å²) in [4.78, 5) is 18.8. The number of rotatable bonds is 5. The van der Waals surface area contributed by atoms with Crippen molar-refractivity contribution < 1.29 is 14.6 Å². The summed E-state index contributed by atoms with van der Waals surface area (Å²) in [6, 6.07) is 4.28. The van der Waals surface area contributed by atoms with Gasteiger partial charge < -0.3 is 14.7 Å². The molecule has 5 nitrogen and oxygen atoms in total. The van der Waals surface area contributed by atoms with Crippen LogP contribution in [0.1, 0.15) is 40.8 Å². The lowest BCUT2D eigenvalue weighted by molar-refractivity contribution is -0.135. The van der Waals surface area contributed by atoms with Crippen LogP contribution in [0.3, 0.4) is 0 Å². The average molecular weight is 556 g/mol. The van der Waals surface area contributed by atoms with E-state index in [2.05, 4.69) is 34.3 Å². The second kappa shape index (κ2) is 8.49. The van der Waals surface area contributed by atoms with E-state index in [0.29, 0.717) is 17.7 Å². The lowest BCUT2D eigenvalue weighted by Gasteiger charge is -2.60. The van der Waals surface area contributed by atoms with Gasteiger partial charge in [0.15, 0.2) is 11.5 Å². The number of hydrogen-bond acceptors (Lipinski definition) is 5. The highest BCUT2D eigenvalue weighted by atomic mass is 79.9. The number of thiophene rings is 1. The van der Waals surface area contributed by atoms with Crippen LogP contribution in [0.15, 0.2) is 40.7 Å². The normalized spacial score (nSPS) is 30.7. The largest absolute Gasteiger partial charge is 0.504 e. The summed E-state index contributed by atoms with van der Waals surface area (Å²) < 4.78 is 7.72. The van der Waals surface area contributed by atoms with Crippen molar-refractivity contribution in [3.8, 4) is 11.5 Å². The Kier molecular flexibility index (Phi) is 5.66. The van der Waals surface area contributed by atoms with Gasteiger partial charge in [-0.15, -0.1) is 17.9 Å². The number of ether oxygens (including phenoxy) is 1. The van der Waals surface area contributed by atoms with Crippen molar-refractivity contribution in [2.24, 2.45) is 5.92 Å². The number of carbonyl (C=O) groups is 1. The van der Waals surface area contributed by atoms with E-state index in [4.69, 9.17) is 4.74 Å². The van der Waals surface area contributed by atoms with Crippen LogP contribution in [0, 0.1) is 12.8 Å². The van der Waals surface area contributed by atoms with Gasteiger partial charge in [-0.25, -0.2) is 0 Å². The number of likely N-dealkylation sites (N-methyl/N-ethyl adjacent to an activating group) is 1. The quantitative estimate of drug-likeness (QED) is 0.403. The monoisotopic (exact) mass is 554 g/mol. The number of piperidine rings is 1. The Balaban J connectivity index is 1.38. The Bertz CT molecular complexity index is 1240. The lowest BCUT2D eigenvalue weighted by Crippen LogP contribution is -2.68. The maximum absolute atomic E-state index is 13.3. The van der Waals surface area contributed by atoms with E-state index >= 15 is 0 Å². The highest BCUT2D eigenvalue weighted by Crippen LogP contribution is 2.64. The summed E-state index contributed by atoms with van der Waals surface area (Å²) in [5.41, 5.74) is 3.57. The van der Waals surface area contributed by atoms with Gasteiger partial charge in [0.25, 0.3) is 0 Å². The zero-order valence-electron chi connectivity index (χ0n) is 20.2. The maximum Gasteiger partial charge on any atom is 0.246 e. The highest BCUT2D eigenvalue weighted by Gasteiger charge is 2.66. The van der Waals surface area contributed by atoms with E-state index in [1.54, 1.807) is 17.4 Å². The maximum atomic E-state index is 13.3. The number of likely N-dealkylation sites (tertiary alicyclic amines) is 1. The summed E-state index contributed by atoms with van der Waals surface area (Å²) in [7, 11) is 1.91. The van der Waals surface area contributed by atoms with Crippen LogP contribution in [-0.4, -0.2) is 59.1 Å². The number of halogens is 1. The van der Waals surface area contributed by atoms with Crippen molar-refractivity contribution in [1.29, 1.82) is 0 Å². The lowest BCUT2D eigenvalue weighted by atomic mass is 9.50. The second-order valence-electron chi connectivity index (χ2n) is 10.5. The predicted molar refractivity (Wildman–Crippen MR) is 143 cm³/mol. The first-order valence-corrected chi connectivity index (χ1v) is 14.1. The number of carbonyl (C=O) groups excluding carboxylic acids is 1. The molecular formula is C28H31BrN2O3S. The van der Waals surface area contributed by atoms with Crippen LogP contribution < -0.4 is 4.74 Å². The second-order valence-corrected chi connectivity index (χ2v) is 12.3. The van der Waals surface area contributed by atoms with Gasteiger partial charge in [0.05, 0.1) is 6.04 Å². The summed E-state index contributed by atoms with van der Waals surface area (Å²) in [6.07, 6.45) is 9.36. The Morgan fingerprint density at radius 2 is 2.26 bits per heavy atom. The minimum atomic E-state index is -0.158. The Morgan fingerprint density at radius 3 is 3.00 bits per heavy atom. The van der Waals surface area contributed by atoms with Crippen molar-refractivity contribution >= 4 is 39.2 Å².